The predicted molar refractivity (Wildman–Crippen MR) is 130 cm³/mol. The van der Waals surface area contributed by atoms with Gasteiger partial charge in [-0.15, -0.1) is 11.3 Å². The molecule has 7 heteroatoms. The molecule has 0 saturated heterocycles. The minimum atomic E-state index is -0.192. The summed E-state index contributed by atoms with van der Waals surface area (Å²) >= 11 is 1.50. The smallest absolute Gasteiger partial charge is 0.263 e. The number of pyridine rings is 1. The molecular formula is C25H27N3O3S. The van der Waals surface area contributed by atoms with Crippen molar-refractivity contribution in [2.75, 3.05) is 6.61 Å². The van der Waals surface area contributed by atoms with Crippen LogP contribution in [-0.2, 0) is 13.0 Å². The van der Waals surface area contributed by atoms with Crippen molar-refractivity contribution >= 4 is 21.6 Å². The molecule has 0 spiro atoms. The van der Waals surface area contributed by atoms with Crippen LogP contribution in [0.15, 0.2) is 51.5 Å². The van der Waals surface area contributed by atoms with Gasteiger partial charge in [0.2, 0.25) is 5.43 Å². The molecule has 0 aliphatic carbocycles. The summed E-state index contributed by atoms with van der Waals surface area (Å²) in [5, 5.41) is 2.63. The van der Waals surface area contributed by atoms with E-state index in [1.54, 1.807) is 10.8 Å². The van der Waals surface area contributed by atoms with Gasteiger partial charge in [-0.2, -0.15) is 0 Å². The molecule has 6 nitrogen and oxygen atoms in total. The van der Waals surface area contributed by atoms with Crippen molar-refractivity contribution in [3.63, 3.8) is 0 Å². The van der Waals surface area contributed by atoms with Gasteiger partial charge < -0.3 is 9.72 Å². The zero-order valence-electron chi connectivity index (χ0n) is 18.6. The number of aromatic amines is 1. The number of nitrogens with zero attached hydrogens (tertiary/aromatic N) is 2. The van der Waals surface area contributed by atoms with E-state index in [1.807, 2.05) is 43.5 Å². The fourth-order valence-electron chi connectivity index (χ4n) is 3.68. The van der Waals surface area contributed by atoms with Crippen LogP contribution in [-0.4, -0.2) is 21.1 Å². The average Bonchev–Trinajstić information content (AvgIpc) is 3.20. The van der Waals surface area contributed by atoms with Crippen LogP contribution < -0.4 is 15.7 Å². The van der Waals surface area contributed by atoms with Gasteiger partial charge in [-0.1, -0.05) is 43.7 Å². The molecule has 0 aliphatic rings. The number of nitrogens with one attached hydrogen (secondary N) is 1. The first kappa shape index (κ1) is 22.0. The Bertz CT molecular complexity index is 1350. The molecule has 0 bridgehead atoms. The largest absolute Gasteiger partial charge is 0.488 e. The second-order valence-electron chi connectivity index (χ2n) is 7.90. The van der Waals surface area contributed by atoms with Crippen molar-refractivity contribution in [1.29, 1.82) is 0 Å². The number of ether oxygens (including phenoxy) is 1. The van der Waals surface area contributed by atoms with Crippen LogP contribution in [0.4, 0.5) is 0 Å². The standard InChI is InChI=1S/C25H27N3O3S/c1-4-6-22-27-24-23(19(15-32-24)17-9-7-16(3)8-10-17)25(30)28(22)14-18-12-20(29)21(13-26-18)31-11-5-2/h7-10,12-13,15H,4-6,11,14H2,1-3H3,(H,26,29). The molecule has 0 saturated carbocycles. The SMILES string of the molecule is CCCOc1c[nH]c(Cn2c(CCC)nc3scc(-c4ccc(C)cc4)c3c2=O)cc1=O. The minimum Gasteiger partial charge on any atom is -0.488 e. The van der Waals surface area contributed by atoms with E-state index in [2.05, 4.69) is 11.9 Å². The third-order valence-corrected chi connectivity index (χ3v) is 6.21. The van der Waals surface area contributed by atoms with E-state index in [0.717, 1.165) is 34.6 Å². The lowest BCUT2D eigenvalue weighted by Crippen LogP contribution is -2.26. The Morgan fingerprint density at radius 2 is 1.91 bits per heavy atom. The number of benzene rings is 1. The van der Waals surface area contributed by atoms with Crippen LogP contribution in [0.1, 0.15) is 43.8 Å². The summed E-state index contributed by atoms with van der Waals surface area (Å²) in [6.45, 7) is 6.84. The van der Waals surface area contributed by atoms with E-state index >= 15 is 0 Å². The first-order chi connectivity index (χ1) is 15.5. The molecule has 1 N–H and O–H groups in total. The second-order valence-corrected chi connectivity index (χ2v) is 8.76. The molecule has 3 heterocycles. The van der Waals surface area contributed by atoms with Crippen LogP contribution >= 0.6 is 11.3 Å². The number of rotatable bonds is 8. The van der Waals surface area contributed by atoms with Crippen molar-refractivity contribution in [3.8, 4) is 16.9 Å². The number of hydrogen-bond donors (Lipinski definition) is 1. The molecule has 0 amide bonds. The van der Waals surface area contributed by atoms with Crippen LogP contribution in [0.2, 0.25) is 0 Å². The number of hydrogen-bond acceptors (Lipinski definition) is 5. The van der Waals surface area contributed by atoms with Gasteiger partial charge in [0.25, 0.3) is 5.56 Å². The third kappa shape index (κ3) is 4.39. The molecule has 3 aromatic heterocycles. The Kier molecular flexibility index (Phi) is 6.55. The maximum absolute atomic E-state index is 13.7. The number of aromatic nitrogens is 3. The fourth-order valence-corrected chi connectivity index (χ4v) is 4.63. The Labute approximate surface area is 190 Å². The highest BCUT2D eigenvalue weighted by molar-refractivity contribution is 7.17. The van der Waals surface area contributed by atoms with Crippen molar-refractivity contribution in [2.24, 2.45) is 0 Å². The summed E-state index contributed by atoms with van der Waals surface area (Å²) in [5.41, 5.74) is 3.44. The zero-order chi connectivity index (χ0) is 22.7. The van der Waals surface area contributed by atoms with Gasteiger partial charge in [-0.25, -0.2) is 4.98 Å². The first-order valence-corrected chi connectivity index (χ1v) is 11.8. The second kappa shape index (κ2) is 9.53. The highest BCUT2D eigenvalue weighted by atomic mass is 32.1. The van der Waals surface area contributed by atoms with Crippen molar-refractivity contribution in [1.82, 2.24) is 14.5 Å². The van der Waals surface area contributed by atoms with Gasteiger partial charge in [0, 0.05) is 35.3 Å². The van der Waals surface area contributed by atoms with E-state index in [0.29, 0.717) is 29.9 Å². The lowest BCUT2D eigenvalue weighted by Gasteiger charge is -2.13. The van der Waals surface area contributed by atoms with Crippen molar-refractivity contribution < 1.29 is 4.74 Å². The van der Waals surface area contributed by atoms with Gasteiger partial charge in [0.05, 0.1) is 18.5 Å². The maximum atomic E-state index is 13.7. The van der Waals surface area contributed by atoms with Gasteiger partial charge in [0.1, 0.15) is 10.7 Å². The van der Waals surface area contributed by atoms with E-state index in [4.69, 9.17) is 9.72 Å². The van der Waals surface area contributed by atoms with Crippen LogP contribution in [0.3, 0.4) is 0 Å². The summed E-state index contributed by atoms with van der Waals surface area (Å²) in [7, 11) is 0. The lowest BCUT2D eigenvalue weighted by molar-refractivity contribution is 0.313. The van der Waals surface area contributed by atoms with Crippen LogP contribution in [0.5, 0.6) is 5.75 Å². The molecule has 0 fully saturated rings. The maximum Gasteiger partial charge on any atom is 0.263 e. The summed E-state index contributed by atoms with van der Waals surface area (Å²) in [6.07, 6.45) is 3.96. The molecule has 0 aliphatic heterocycles. The van der Waals surface area contributed by atoms with Crippen molar-refractivity contribution in [3.05, 3.63) is 79.6 Å². The average molecular weight is 450 g/mol. The van der Waals surface area contributed by atoms with Gasteiger partial charge in [0.15, 0.2) is 5.75 Å². The number of thiophene rings is 1. The number of H-pyrrole nitrogens is 1. The highest BCUT2D eigenvalue weighted by Gasteiger charge is 2.17. The van der Waals surface area contributed by atoms with E-state index in [-0.39, 0.29) is 17.5 Å². The monoisotopic (exact) mass is 449 g/mol. The molecule has 166 valence electrons. The lowest BCUT2D eigenvalue weighted by atomic mass is 10.0. The fraction of sp³-hybridized carbons (Fsp3) is 0.320. The molecular weight excluding hydrogens is 422 g/mol. The molecule has 0 atom stereocenters. The molecule has 1 aromatic carbocycles. The molecule has 0 radical (unpaired) electrons. The summed E-state index contributed by atoms with van der Waals surface area (Å²) in [6, 6.07) is 9.66. The Morgan fingerprint density at radius 3 is 2.59 bits per heavy atom. The number of fused-ring (bicyclic) bond motifs is 1. The predicted octanol–water partition coefficient (Wildman–Crippen LogP) is 4.91. The van der Waals surface area contributed by atoms with Crippen molar-refractivity contribution in [2.45, 2.75) is 46.6 Å². The zero-order valence-corrected chi connectivity index (χ0v) is 19.4. The third-order valence-electron chi connectivity index (χ3n) is 5.34. The van der Waals surface area contributed by atoms with Crippen LogP contribution in [0.25, 0.3) is 21.3 Å². The van der Waals surface area contributed by atoms with E-state index in [1.165, 1.54) is 23.0 Å². The normalized spacial score (nSPS) is 11.2. The summed E-state index contributed by atoms with van der Waals surface area (Å²) in [5.74, 6) is 1.03. The Morgan fingerprint density at radius 1 is 1.12 bits per heavy atom. The minimum absolute atomic E-state index is 0.0811. The molecule has 4 aromatic rings. The Balaban J connectivity index is 1.80. The first-order valence-electron chi connectivity index (χ1n) is 10.9. The quantitative estimate of drug-likeness (QED) is 0.415. The molecule has 32 heavy (non-hydrogen) atoms. The Hall–Kier alpha value is -3.19. The van der Waals surface area contributed by atoms with E-state index in [9.17, 15) is 9.59 Å². The van der Waals surface area contributed by atoms with Gasteiger partial charge in [-0.3, -0.25) is 14.2 Å². The van der Waals surface area contributed by atoms with E-state index < -0.39 is 0 Å². The van der Waals surface area contributed by atoms with Crippen LogP contribution in [0, 0.1) is 6.92 Å². The molecule has 0 unspecified atom stereocenters. The topological polar surface area (TPSA) is 77.0 Å². The molecule has 4 rings (SSSR count). The summed E-state index contributed by atoms with van der Waals surface area (Å²) < 4.78 is 7.16. The van der Waals surface area contributed by atoms with Gasteiger partial charge >= 0.3 is 0 Å². The number of aryl methyl sites for hydroxylation is 2. The summed E-state index contributed by atoms with van der Waals surface area (Å²) in [4.78, 5) is 34.8. The van der Waals surface area contributed by atoms with Gasteiger partial charge in [-0.05, 0) is 25.3 Å². The highest BCUT2D eigenvalue weighted by Crippen LogP contribution is 2.31.